The number of hydrogen-bond donors (Lipinski definition) is 1. The van der Waals surface area contributed by atoms with Crippen LogP contribution in [-0.4, -0.2) is 16.9 Å². The van der Waals surface area contributed by atoms with E-state index in [1.54, 1.807) is 0 Å². The Balaban J connectivity index is 3.72. The Bertz CT molecular complexity index is 152. The topological polar surface area (TPSA) is 20.2 Å². The second-order valence-electron chi connectivity index (χ2n) is 4.07. The van der Waals surface area contributed by atoms with Crippen LogP contribution < -0.4 is 0 Å². The molecule has 0 aliphatic rings. The number of halogens is 3. The fraction of sp³-hybridized carbons (Fsp3) is 1.00. The van der Waals surface area contributed by atoms with Crippen molar-refractivity contribution < 1.29 is 18.3 Å². The van der Waals surface area contributed by atoms with Crippen LogP contribution in [0, 0.1) is 0 Å². The summed E-state index contributed by atoms with van der Waals surface area (Å²) in [7, 11) is 0. The highest BCUT2D eigenvalue weighted by Gasteiger charge is 2.31. The fourth-order valence-electron chi connectivity index (χ4n) is 1.29. The van der Waals surface area contributed by atoms with Gasteiger partial charge in [0.15, 0.2) is 0 Å². The smallest absolute Gasteiger partial charge is 0.389 e. The molecule has 0 spiro atoms. The molecule has 0 saturated heterocycles. The molecular weight excluding hydrogens is 193 g/mol. The molecule has 0 fully saturated rings. The molecule has 0 aliphatic carbocycles. The Labute approximate surface area is 83.3 Å². The number of hydrogen-bond acceptors (Lipinski definition) is 1. The second-order valence-corrected chi connectivity index (χ2v) is 4.07. The third-order valence-corrected chi connectivity index (χ3v) is 2.27. The van der Waals surface area contributed by atoms with Gasteiger partial charge in [0.1, 0.15) is 0 Å². The van der Waals surface area contributed by atoms with Gasteiger partial charge in [-0.15, -0.1) is 0 Å². The Morgan fingerprint density at radius 1 is 1.00 bits per heavy atom. The Morgan fingerprint density at radius 3 is 2.00 bits per heavy atom. The number of unbranched alkanes of at least 4 members (excludes halogenated alkanes) is 2. The Morgan fingerprint density at radius 2 is 1.57 bits per heavy atom. The van der Waals surface area contributed by atoms with E-state index in [-0.39, 0.29) is 6.42 Å². The molecular formula is C10H19F3O. The van der Waals surface area contributed by atoms with Gasteiger partial charge in [0.2, 0.25) is 0 Å². The lowest BCUT2D eigenvalue weighted by Crippen LogP contribution is -2.26. The monoisotopic (exact) mass is 212 g/mol. The van der Waals surface area contributed by atoms with Gasteiger partial charge in [-0.05, 0) is 19.8 Å². The van der Waals surface area contributed by atoms with Crippen molar-refractivity contribution in [1.29, 1.82) is 0 Å². The van der Waals surface area contributed by atoms with Crippen molar-refractivity contribution in [3.63, 3.8) is 0 Å². The lowest BCUT2D eigenvalue weighted by atomic mass is 9.93. The van der Waals surface area contributed by atoms with E-state index < -0.39 is 18.2 Å². The average Bonchev–Trinajstić information content (AvgIpc) is 2.00. The van der Waals surface area contributed by atoms with E-state index in [0.29, 0.717) is 6.42 Å². The summed E-state index contributed by atoms with van der Waals surface area (Å²) in [5.41, 5.74) is -1.16. The van der Waals surface area contributed by atoms with Crippen LogP contribution in [0.2, 0.25) is 0 Å². The van der Waals surface area contributed by atoms with Crippen molar-refractivity contribution in [1.82, 2.24) is 0 Å². The molecule has 0 radical (unpaired) electrons. The molecule has 0 aromatic carbocycles. The van der Waals surface area contributed by atoms with E-state index >= 15 is 0 Å². The minimum Gasteiger partial charge on any atom is -0.390 e. The van der Waals surface area contributed by atoms with Crippen molar-refractivity contribution in [2.45, 2.75) is 64.1 Å². The van der Waals surface area contributed by atoms with Gasteiger partial charge in [0.05, 0.1) is 5.60 Å². The molecule has 1 unspecified atom stereocenters. The van der Waals surface area contributed by atoms with E-state index in [2.05, 4.69) is 0 Å². The summed E-state index contributed by atoms with van der Waals surface area (Å²) in [6.45, 7) is 3.50. The lowest BCUT2D eigenvalue weighted by Gasteiger charge is -2.23. The molecule has 1 nitrogen and oxygen atoms in total. The summed E-state index contributed by atoms with van der Waals surface area (Å²) in [4.78, 5) is 0. The maximum Gasteiger partial charge on any atom is 0.389 e. The maximum atomic E-state index is 11.9. The first kappa shape index (κ1) is 13.8. The van der Waals surface area contributed by atoms with Crippen LogP contribution in [0.15, 0.2) is 0 Å². The summed E-state index contributed by atoms with van der Waals surface area (Å²) >= 11 is 0. The minimum absolute atomic E-state index is 0.194. The first-order chi connectivity index (χ1) is 6.27. The molecule has 0 aromatic rings. The van der Waals surface area contributed by atoms with Crippen LogP contribution in [-0.2, 0) is 0 Å². The normalized spacial score (nSPS) is 16.7. The predicted molar refractivity (Wildman–Crippen MR) is 50.1 cm³/mol. The van der Waals surface area contributed by atoms with Crippen molar-refractivity contribution >= 4 is 0 Å². The summed E-state index contributed by atoms with van der Waals surface area (Å²) in [5.74, 6) is 0. The highest BCUT2D eigenvalue weighted by molar-refractivity contribution is 4.73. The van der Waals surface area contributed by atoms with Crippen molar-refractivity contribution in [3.8, 4) is 0 Å². The molecule has 0 rings (SSSR count). The second kappa shape index (κ2) is 5.59. The molecule has 0 heterocycles. The van der Waals surface area contributed by atoms with Gasteiger partial charge in [-0.25, -0.2) is 0 Å². The van der Waals surface area contributed by atoms with Crippen molar-refractivity contribution in [2.24, 2.45) is 0 Å². The van der Waals surface area contributed by atoms with Crippen LogP contribution in [0.5, 0.6) is 0 Å². The first-order valence-corrected chi connectivity index (χ1v) is 5.06. The molecule has 0 aliphatic heterocycles. The van der Waals surface area contributed by atoms with Gasteiger partial charge in [0.25, 0.3) is 0 Å². The zero-order chi connectivity index (χ0) is 11.2. The number of rotatable bonds is 6. The van der Waals surface area contributed by atoms with Gasteiger partial charge in [0, 0.05) is 6.42 Å². The Kier molecular flexibility index (Phi) is 5.49. The van der Waals surface area contributed by atoms with Crippen LogP contribution >= 0.6 is 0 Å². The van der Waals surface area contributed by atoms with Crippen LogP contribution in [0.1, 0.15) is 52.4 Å². The molecule has 0 saturated carbocycles. The maximum absolute atomic E-state index is 11.9. The Hall–Kier alpha value is -0.250. The van der Waals surface area contributed by atoms with E-state index in [0.717, 1.165) is 19.3 Å². The standard InChI is InChI=1S/C10H19F3O/c1-3-4-5-6-9(2,14)7-8-10(11,12)13/h14H,3-8H2,1-2H3. The van der Waals surface area contributed by atoms with Gasteiger partial charge in [-0.3, -0.25) is 0 Å². The zero-order valence-electron chi connectivity index (χ0n) is 8.82. The summed E-state index contributed by atoms with van der Waals surface area (Å²) in [6.07, 6.45) is -2.03. The minimum atomic E-state index is -4.16. The molecule has 1 atom stereocenters. The number of aliphatic hydroxyl groups is 1. The van der Waals surface area contributed by atoms with Crippen molar-refractivity contribution in [3.05, 3.63) is 0 Å². The summed E-state index contributed by atoms with van der Waals surface area (Å²) in [6, 6.07) is 0. The highest BCUT2D eigenvalue weighted by Crippen LogP contribution is 2.28. The molecule has 1 N–H and O–H groups in total. The van der Waals surface area contributed by atoms with Crippen molar-refractivity contribution in [2.75, 3.05) is 0 Å². The molecule has 0 bridgehead atoms. The van der Waals surface area contributed by atoms with E-state index in [4.69, 9.17) is 0 Å². The SMILES string of the molecule is CCCCCC(C)(O)CCC(F)(F)F. The van der Waals surface area contributed by atoms with Crippen LogP contribution in [0.25, 0.3) is 0 Å². The van der Waals surface area contributed by atoms with Crippen LogP contribution in [0.3, 0.4) is 0 Å². The third-order valence-electron chi connectivity index (χ3n) is 2.27. The van der Waals surface area contributed by atoms with E-state index in [9.17, 15) is 18.3 Å². The molecule has 4 heteroatoms. The van der Waals surface area contributed by atoms with Gasteiger partial charge >= 0.3 is 6.18 Å². The largest absolute Gasteiger partial charge is 0.390 e. The van der Waals surface area contributed by atoms with Gasteiger partial charge < -0.3 is 5.11 Å². The lowest BCUT2D eigenvalue weighted by molar-refractivity contribution is -0.146. The predicted octanol–water partition coefficient (Wildman–Crippen LogP) is 3.66. The van der Waals surface area contributed by atoms with E-state index in [1.165, 1.54) is 6.92 Å². The van der Waals surface area contributed by atoms with Gasteiger partial charge in [-0.2, -0.15) is 13.2 Å². The molecule has 0 amide bonds. The average molecular weight is 212 g/mol. The fourth-order valence-corrected chi connectivity index (χ4v) is 1.29. The molecule has 14 heavy (non-hydrogen) atoms. The zero-order valence-corrected chi connectivity index (χ0v) is 8.82. The third kappa shape index (κ3) is 8.35. The molecule has 86 valence electrons. The summed E-state index contributed by atoms with van der Waals surface area (Å²) in [5, 5.41) is 9.60. The number of alkyl halides is 3. The van der Waals surface area contributed by atoms with E-state index in [1.807, 2.05) is 6.92 Å². The van der Waals surface area contributed by atoms with Gasteiger partial charge in [-0.1, -0.05) is 26.2 Å². The highest BCUT2D eigenvalue weighted by atomic mass is 19.4. The summed E-state index contributed by atoms with van der Waals surface area (Å²) < 4.78 is 35.6. The van der Waals surface area contributed by atoms with Crippen LogP contribution in [0.4, 0.5) is 13.2 Å². The molecule has 0 aromatic heterocycles. The quantitative estimate of drug-likeness (QED) is 0.666. The first-order valence-electron chi connectivity index (χ1n) is 5.06.